The van der Waals surface area contributed by atoms with Gasteiger partial charge in [-0.25, -0.2) is 4.39 Å². The number of carbonyl (C=O) groups is 3. The Kier molecular flexibility index (Phi) is 10.3. The first-order valence-electron chi connectivity index (χ1n) is 12.8. The van der Waals surface area contributed by atoms with Gasteiger partial charge in [0, 0.05) is 26.9 Å². The molecule has 0 radical (unpaired) electrons. The maximum Gasteiger partial charge on any atom is 0.272 e. The smallest absolute Gasteiger partial charge is 0.272 e. The van der Waals surface area contributed by atoms with Crippen molar-refractivity contribution >= 4 is 58.5 Å². The quantitative estimate of drug-likeness (QED) is 0.133. The molecule has 1 unspecified atom stereocenters. The highest BCUT2D eigenvalue weighted by atomic mass is 35.5. The Hall–Kier alpha value is -4.40. The van der Waals surface area contributed by atoms with Gasteiger partial charge in [-0.05, 0) is 78.7 Å². The zero-order chi connectivity index (χ0) is 29.2. The molecule has 0 aliphatic rings. The van der Waals surface area contributed by atoms with Gasteiger partial charge >= 0.3 is 0 Å². The largest absolute Gasteiger partial charge is 0.325 e. The van der Waals surface area contributed by atoms with Gasteiger partial charge in [-0.3, -0.25) is 14.4 Å². The summed E-state index contributed by atoms with van der Waals surface area (Å²) in [7, 11) is 0. The Morgan fingerprint density at radius 2 is 1.56 bits per heavy atom. The molecule has 208 valence electrons. The first kappa shape index (κ1) is 29.6. The van der Waals surface area contributed by atoms with Crippen LogP contribution >= 0.6 is 23.4 Å². The fourth-order valence-corrected chi connectivity index (χ4v) is 4.98. The molecule has 0 saturated heterocycles. The van der Waals surface area contributed by atoms with E-state index < -0.39 is 17.1 Å². The van der Waals surface area contributed by atoms with Gasteiger partial charge in [0.05, 0.1) is 5.25 Å². The number of halogens is 2. The summed E-state index contributed by atoms with van der Waals surface area (Å²) < 4.78 is 13.2. The lowest BCUT2D eigenvalue weighted by molar-refractivity contribution is -0.116. The van der Waals surface area contributed by atoms with Crippen molar-refractivity contribution in [2.45, 2.75) is 23.5 Å². The third-order valence-electron chi connectivity index (χ3n) is 5.88. The van der Waals surface area contributed by atoms with Crippen molar-refractivity contribution in [3.63, 3.8) is 0 Å². The molecule has 4 aromatic rings. The van der Waals surface area contributed by atoms with Crippen LogP contribution in [0.15, 0.2) is 114 Å². The summed E-state index contributed by atoms with van der Waals surface area (Å²) in [6.45, 7) is 1.90. The Bertz CT molecular complexity index is 1560. The molecular weight excluding hydrogens is 561 g/mol. The highest BCUT2D eigenvalue weighted by molar-refractivity contribution is 8.00. The lowest BCUT2D eigenvalue weighted by Gasteiger charge is -2.16. The SMILES string of the molecule is CCC(Sc1cccc(NC(=O)/C(=C\c2ccccc2Cl)NC(=O)c2ccccc2)c1)C(=O)Nc1ccc(F)cc1. The number of rotatable bonds is 10. The predicted molar refractivity (Wildman–Crippen MR) is 163 cm³/mol. The average Bonchev–Trinajstić information content (AvgIpc) is 2.98. The summed E-state index contributed by atoms with van der Waals surface area (Å²) in [6, 6.07) is 28.2. The second-order valence-electron chi connectivity index (χ2n) is 8.89. The van der Waals surface area contributed by atoms with Crippen molar-refractivity contribution in [1.29, 1.82) is 0 Å². The standard InChI is InChI=1S/C32H27ClFN3O3S/c1-2-29(32(40)35-24-17-15-23(34)16-18-24)41-26-13-8-12-25(20-26)36-31(39)28(19-22-11-6-7-14-27(22)33)37-30(38)21-9-4-3-5-10-21/h3-20,29H,2H2,1H3,(H,35,40)(H,36,39)(H,37,38)/b28-19+. The number of thioether (sulfide) groups is 1. The molecule has 4 rings (SSSR count). The summed E-state index contributed by atoms with van der Waals surface area (Å²) in [6.07, 6.45) is 2.06. The van der Waals surface area contributed by atoms with E-state index in [0.29, 0.717) is 33.9 Å². The summed E-state index contributed by atoms with van der Waals surface area (Å²) in [5.74, 6) is -1.58. The van der Waals surface area contributed by atoms with Crippen LogP contribution in [0.5, 0.6) is 0 Å². The Morgan fingerprint density at radius 1 is 0.854 bits per heavy atom. The molecule has 0 aromatic heterocycles. The number of anilines is 2. The molecule has 0 heterocycles. The van der Waals surface area contributed by atoms with E-state index in [1.165, 1.54) is 42.1 Å². The van der Waals surface area contributed by atoms with Crippen LogP contribution in [-0.2, 0) is 9.59 Å². The lowest BCUT2D eigenvalue weighted by Crippen LogP contribution is -2.30. The lowest BCUT2D eigenvalue weighted by atomic mass is 10.1. The van der Waals surface area contributed by atoms with Crippen molar-refractivity contribution in [3.05, 3.63) is 131 Å². The first-order chi connectivity index (χ1) is 19.8. The Balaban J connectivity index is 1.50. The van der Waals surface area contributed by atoms with Gasteiger partial charge in [-0.1, -0.05) is 61.0 Å². The molecule has 1 atom stereocenters. The molecule has 0 bridgehead atoms. The highest BCUT2D eigenvalue weighted by Gasteiger charge is 2.19. The van der Waals surface area contributed by atoms with Crippen LogP contribution in [0.4, 0.5) is 15.8 Å². The normalized spacial score (nSPS) is 11.8. The van der Waals surface area contributed by atoms with Gasteiger partial charge in [-0.2, -0.15) is 0 Å². The van der Waals surface area contributed by atoms with Crippen LogP contribution in [0.2, 0.25) is 5.02 Å². The molecule has 0 spiro atoms. The molecule has 0 aliphatic carbocycles. The van der Waals surface area contributed by atoms with Gasteiger partial charge < -0.3 is 16.0 Å². The first-order valence-corrected chi connectivity index (χ1v) is 14.0. The van der Waals surface area contributed by atoms with Crippen LogP contribution in [0.3, 0.4) is 0 Å². The van der Waals surface area contributed by atoms with Gasteiger partial charge in [0.15, 0.2) is 0 Å². The molecule has 3 amide bonds. The van der Waals surface area contributed by atoms with E-state index in [-0.39, 0.29) is 17.4 Å². The second-order valence-corrected chi connectivity index (χ2v) is 10.6. The minimum absolute atomic E-state index is 0.00937. The van der Waals surface area contributed by atoms with Crippen LogP contribution in [0.25, 0.3) is 6.08 Å². The van der Waals surface area contributed by atoms with Crippen molar-refractivity contribution in [2.24, 2.45) is 0 Å². The summed E-state index contributed by atoms with van der Waals surface area (Å²) in [5, 5.41) is 8.33. The van der Waals surface area contributed by atoms with Gasteiger partial charge in [0.2, 0.25) is 5.91 Å². The van der Waals surface area contributed by atoms with E-state index in [4.69, 9.17) is 11.6 Å². The molecule has 0 saturated carbocycles. The van der Waals surface area contributed by atoms with E-state index >= 15 is 0 Å². The van der Waals surface area contributed by atoms with Gasteiger partial charge in [0.25, 0.3) is 11.8 Å². The monoisotopic (exact) mass is 587 g/mol. The molecule has 9 heteroatoms. The van der Waals surface area contributed by atoms with Crippen LogP contribution in [0, 0.1) is 5.82 Å². The van der Waals surface area contributed by atoms with E-state index in [1.807, 2.05) is 13.0 Å². The number of amides is 3. The third kappa shape index (κ3) is 8.54. The van der Waals surface area contributed by atoms with Crippen LogP contribution < -0.4 is 16.0 Å². The molecular formula is C32H27ClFN3O3S. The van der Waals surface area contributed by atoms with Gasteiger partial charge in [-0.15, -0.1) is 11.8 Å². The number of hydrogen-bond donors (Lipinski definition) is 3. The topological polar surface area (TPSA) is 87.3 Å². The van der Waals surface area contributed by atoms with Crippen molar-refractivity contribution in [3.8, 4) is 0 Å². The second kappa shape index (κ2) is 14.3. The zero-order valence-electron chi connectivity index (χ0n) is 22.1. The van der Waals surface area contributed by atoms with Crippen LogP contribution in [-0.4, -0.2) is 23.0 Å². The predicted octanol–water partition coefficient (Wildman–Crippen LogP) is 7.40. The fourth-order valence-electron chi connectivity index (χ4n) is 3.78. The van der Waals surface area contributed by atoms with E-state index in [1.54, 1.807) is 72.8 Å². The Labute approximate surface area is 247 Å². The number of nitrogens with one attached hydrogen (secondary N) is 3. The van der Waals surface area contributed by atoms with Gasteiger partial charge in [0.1, 0.15) is 11.5 Å². The average molecular weight is 588 g/mol. The third-order valence-corrected chi connectivity index (χ3v) is 7.58. The number of benzene rings is 4. The highest BCUT2D eigenvalue weighted by Crippen LogP contribution is 2.29. The summed E-state index contributed by atoms with van der Waals surface area (Å²) in [5.41, 5.74) is 1.96. The number of hydrogen-bond acceptors (Lipinski definition) is 4. The summed E-state index contributed by atoms with van der Waals surface area (Å²) >= 11 is 7.65. The van der Waals surface area contributed by atoms with Crippen LogP contribution in [0.1, 0.15) is 29.3 Å². The zero-order valence-corrected chi connectivity index (χ0v) is 23.6. The number of carbonyl (C=O) groups excluding carboxylic acids is 3. The van der Waals surface area contributed by atoms with E-state index in [9.17, 15) is 18.8 Å². The van der Waals surface area contributed by atoms with E-state index in [0.717, 1.165) is 4.90 Å². The maximum absolute atomic E-state index is 13.4. The Morgan fingerprint density at radius 3 is 2.27 bits per heavy atom. The maximum atomic E-state index is 13.4. The minimum Gasteiger partial charge on any atom is -0.325 e. The fraction of sp³-hybridized carbons (Fsp3) is 0.0938. The van der Waals surface area contributed by atoms with E-state index in [2.05, 4.69) is 16.0 Å². The minimum atomic E-state index is -0.544. The molecule has 41 heavy (non-hydrogen) atoms. The molecule has 0 fully saturated rings. The molecule has 0 aliphatic heterocycles. The van der Waals surface area contributed by atoms with Crippen molar-refractivity contribution < 1.29 is 18.8 Å². The van der Waals surface area contributed by atoms with Crippen molar-refractivity contribution in [1.82, 2.24) is 5.32 Å². The summed E-state index contributed by atoms with van der Waals surface area (Å²) in [4.78, 5) is 39.9. The van der Waals surface area contributed by atoms with Crippen molar-refractivity contribution in [2.75, 3.05) is 10.6 Å². The molecule has 6 nitrogen and oxygen atoms in total. The molecule has 3 N–H and O–H groups in total. The molecule has 4 aromatic carbocycles.